The molecular weight excluding hydrogens is 260 g/mol. The topological polar surface area (TPSA) is 42.4 Å². The van der Waals surface area contributed by atoms with Gasteiger partial charge in [-0.3, -0.25) is 4.79 Å². The summed E-state index contributed by atoms with van der Waals surface area (Å²) in [4.78, 5) is 18.3. The van der Waals surface area contributed by atoms with Gasteiger partial charge >= 0.3 is 5.97 Å². The number of aromatic nitrogens is 1. The maximum atomic E-state index is 11.3. The van der Waals surface area contributed by atoms with Gasteiger partial charge in [-0.25, -0.2) is 4.98 Å². The Hall–Kier alpha value is -1.10. The molecule has 0 spiro atoms. The van der Waals surface area contributed by atoms with E-state index < -0.39 is 0 Å². The van der Waals surface area contributed by atoms with Crippen LogP contribution < -0.4 is 4.90 Å². The summed E-state index contributed by atoms with van der Waals surface area (Å²) in [5.74, 6) is 0.698. The number of carbonyl (C=O) groups excluding carboxylic acids is 1. The molecule has 5 heteroatoms. The molecule has 0 radical (unpaired) electrons. The standard InChI is InChI=1S/C14H22N2O2S/c1-3-18-13(17)5-4-12-10-19-14(15-12)16-8-6-11(2)7-9-16/h10-11H,3-9H2,1-2H3. The lowest BCUT2D eigenvalue weighted by Gasteiger charge is -2.29. The van der Waals surface area contributed by atoms with E-state index in [1.807, 2.05) is 6.92 Å². The van der Waals surface area contributed by atoms with Crippen LogP contribution in [0.5, 0.6) is 0 Å². The lowest BCUT2D eigenvalue weighted by Crippen LogP contribution is -2.32. The summed E-state index contributed by atoms with van der Waals surface area (Å²) in [6, 6.07) is 0. The molecule has 19 heavy (non-hydrogen) atoms. The number of nitrogens with zero attached hydrogens (tertiary/aromatic N) is 2. The first-order chi connectivity index (χ1) is 9.19. The van der Waals surface area contributed by atoms with Crippen LogP contribution in [0.4, 0.5) is 5.13 Å². The van der Waals surface area contributed by atoms with Crippen molar-refractivity contribution in [1.82, 2.24) is 4.98 Å². The molecule has 1 fully saturated rings. The lowest BCUT2D eigenvalue weighted by molar-refractivity contribution is -0.143. The highest BCUT2D eigenvalue weighted by molar-refractivity contribution is 7.13. The average molecular weight is 282 g/mol. The molecule has 0 N–H and O–H groups in total. The van der Waals surface area contributed by atoms with E-state index in [9.17, 15) is 4.79 Å². The predicted octanol–water partition coefficient (Wildman–Crippen LogP) is 2.88. The van der Waals surface area contributed by atoms with Crippen molar-refractivity contribution in [2.24, 2.45) is 5.92 Å². The molecule has 1 aliphatic rings. The number of esters is 1. The Morgan fingerprint density at radius 3 is 2.95 bits per heavy atom. The lowest BCUT2D eigenvalue weighted by atomic mass is 10.00. The van der Waals surface area contributed by atoms with Gasteiger partial charge in [0.05, 0.1) is 18.7 Å². The van der Waals surface area contributed by atoms with Crippen molar-refractivity contribution in [2.75, 3.05) is 24.6 Å². The summed E-state index contributed by atoms with van der Waals surface area (Å²) < 4.78 is 4.92. The molecule has 0 bridgehead atoms. The second-order valence-electron chi connectivity index (χ2n) is 5.10. The third kappa shape index (κ3) is 4.20. The fourth-order valence-electron chi connectivity index (χ4n) is 2.22. The number of thiazole rings is 1. The predicted molar refractivity (Wildman–Crippen MR) is 77.7 cm³/mol. The van der Waals surface area contributed by atoms with Gasteiger partial charge < -0.3 is 9.64 Å². The summed E-state index contributed by atoms with van der Waals surface area (Å²) in [5.41, 5.74) is 1.01. The van der Waals surface area contributed by atoms with Gasteiger partial charge in [0.2, 0.25) is 0 Å². The molecule has 0 aromatic carbocycles. The van der Waals surface area contributed by atoms with Crippen molar-refractivity contribution in [3.63, 3.8) is 0 Å². The Balaban J connectivity index is 1.83. The van der Waals surface area contributed by atoms with Crippen LogP contribution in [-0.2, 0) is 16.0 Å². The van der Waals surface area contributed by atoms with Crippen molar-refractivity contribution in [3.8, 4) is 0 Å². The van der Waals surface area contributed by atoms with E-state index in [-0.39, 0.29) is 5.97 Å². The van der Waals surface area contributed by atoms with Crippen LogP contribution in [-0.4, -0.2) is 30.6 Å². The van der Waals surface area contributed by atoms with E-state index in [2.05, 4.69) is 22.2 Å². The van der Waals surface area contributed by atoms with Crippen LogP contribution in [0.1, 0.15) is 38.8 Å². The minimum Gasteiger partial charge on any atom is -0.466 e. The highest BCUT2D eigenvalue weighted by atomic mass is 32.1. The number of anilines is 1. The Kier molecular flexibility index (Phi) is 5.19. The summed E-state index contributed by atoms with van der Waals surface area (Å²) in [7, 11) is 0. The fourth-order valence-corrected chi connectivity index (χ4v) is 3.13. The first-order valence-corrected chi connectivity index (χ1v) is 7.92. The zero-order chi connectivity index (χ0) is 13.7. The van der Waals surface area contributed by atoms with E-state index in [0.717, 1.165) is 29.8 Å². The highest BCUT2D eigenvalue weighted by Gasteiger charge is 2.18. The number of aryl methyl sites for hydroxylation is 1. The van der Waals surface area contributed by atoms with Crippen molar-refractivity contribution in [3.05, 3.63) is 11.1 Å². The molecular formula is C14H22N2O2S. The SMILES string of the molecule is CCOC(=O)CCc1csc(N2CCC(C)CC2)n1. The Morgan fingerprint density at radius 2 is 2.26 bits per heavy atom. The minimum absolute atomic E-state index is 0.135. The van der Waals surface area contributed by atoms with Crippen LogP contribution in [0.3, 0.4) is 0 Å². The van der Waals surface area contributed by atoms with Crippen molar-refractivity contribution in [1.29, 1.82) is 0 Å². The van der Waals surface area contributed by atoms with Crippen molar-refractivity contribution >= 4 is 22.4 Å². The number of hydrogen-bond donors (Lipinski definition) is 0. The van der Waals surface area contributed by atoms with Crippen molar-refractivity contribution < 1.29 is 9.53 Å². The Bertz CT molecular complexity index is 411. The number of hydrogen-bond acceptors (Lipinski definition) is 5. The van der Waals surface area contributed by atoms with Crippen LogP contribution in [0, 0.1) is 5.92 Å². The Morgan fingerprint density at radius 1 is 1.53 bits per heavy atom. The summed E-state index contributed by atoms with van der Waals surface area (Å²) in [5, 5.41) is 3.16. The van der Waals surface area contributed by atoms with Gasteiger partial charge in [-0.15, -0.1) is 11.3 Å². The normalized spacial score (nSPS) is 16.6. The van der Waals surface area contributed by atoms with Gasteiger partial charge in [-0.1, -0.05) is 6.92 Å². The molecule has 0 atom stereocenters. The van der Waals surface area contributed by atoms with Gasteiger partial charge in [0.15, 0.2) is 5.13 Å². The monoisotopic (exact) mass is 282 g/mol. The third-order valence-corrected chi connectivity index (χ3v) is 4.43. The second kappa shape index (κ2) is 6.89. The van der Waals surface area contributed by atoms with E-state index >= 15 is 0 Å². The molecule has 2 heterocycles. The molecule has 0 aliphatic carbocycles. The van der Waals surface area contributed by atoms with Gasteiger partial charge in [-0.2, -0.15) is 0 Å². The third-order valence-electron chi connectivity index (χ3n) is 3.48. The number of rotatable bonds is 5. The molecule has 0 saturated carbocycles. The average Bonchev–Trinajstić information content (AvgIpc) is 2.86. The molecule has 1 aromatic heterocycles. The fraction of sp³-hybridized carbons (Fsp3) is 0.714. The first kappa shape index (κ1) is 14.3. The second-order valence-corrected chi connectivity index (χ2v) is 5.93. The molecule has 0 amide bonds. The van der Waals surface area contributed by atoms with E-state index in [4.69, 9.17) is 4.74 Å². The molecule has 1 aliphatic heterocycles. The molecule has 106 valence electrons. The summed E-state index contributed by atoms with van der Waals surface area (Å²) >= 11 is 1.69. The van der Waals surface area contributed by atoms with Crippen LogP contribution >= 0.6 is 11.3 Å². The summed E-state index contributed by atoms with van der Waals surface area (Å²) in [6.07, 6.45) is 3.60. The molecule has 1 aromatic rings. The molecule has 4 nitrogen and oxygen atoms in total. The van der Waals surface area contributed by atoms with Crippen LogP contribution in [0.25, 0.3) is 0 Å². The quantitative estimate of drug-likeness (QED) is 0.779. The largest absolute Gasteiger partial charge is 0.466 e. The van der Waals surface area contributed by atoms with Gasteiger partial charge in [0.25, 0.3) is 0 Å². The maximum Gasteiger partial charge on any atom is 0.306 e. The summed E-state index contributed by atoms with van der Waals surface area (Å²) in [6.45, 7) is 6.80. The van der Waals surface area contributed by atoms with Gasteiger partial charge in [0.1, 0.15) is 0 Å². The first-order valence-electron chi connectivity index (χ1n) is 7.04. The number of piperidine rings is 1. The Labute approximate surface area is 118 Å². The number of carbonyl (C=O) groups is 1. The van der Waals surface area contributed by atoms with Gasteiger partial charge in [-0.05, 0) is 25.7 Å². The number of ether oxygens (including phenoxy) is 1. The smallest absolute Gasteiger partial charge is 0.306 e. The van der Waals surface area contributed by atoms with E-state index in [1.165, 1.54) is 12.8 Å². The molecule has 0 unspecified atom stereocenters. The molecule has 2 rings (SSSR count). The van der Waals surface area contributed by atoms with Gasteiger partial charge in [0, 0.05) is 24.9 Å². The van der Waals surface area contributed by atoms with E-state index in [1.54, 1.807) is 11.3 Å². The van der Waals surface area contributed by atoms with Crippen molar-refractivity contribution in [2.45, 2.75) is 39.5 Å². The maximum absolute atomic E-state index is 11.3. The van der Waals surface area contributed by atoms with E-state index in [0.29, 0.717) is 19.4 Å². The zero-order valence-electron chi connectivity index (χ0n) is 11.7. The van der Waals surface area contributed by atoms with Crippen LogP contribution in [0.2, 0.25) is 0 Å². The zero-order valence-corrected chi connectivity index (χ0v) is 12.5. The highest BCUT2D eigenvalue weighted by Crippen LogP contribution is 2.26. The van der Waals surface area contributed by atoms with Crippen LogP contribution in [0.15, 0.2) is 5.38 Å². The molecule has 1 saturated heterocycles. The minimum atomic E-state index is -0.135.